The second kappa shape index (κ2) is 10.2. The van der Waals surface area contributed by atoms with Gasteiger partial charge in [-0.05, 0) is 12.3 Å². The van der Waals surface area contributed by atoms with Crippen LogP contribution in [0.1, 0.15) is 33.6 Å². The van der Waals surface area contributed by atoms with Gasteiger partial charge < -0.3 is 4.74 Å². The van der Waals surface area contributed by atoms with Crippen LogP contribution in [0.2, 0.25) is 0 Å². The van der Waals surface area contributed by atoms with Gasteiger partial charge in [-0.3, -0.25) is 0 Å². The summed E-state index contributed by atoms with van der Waals surface area (Å²) in [5.41, 5.74) is 0. The largest absolute Gasteiger partial charge is 0.462 e. The third-order valence-corrected chi connectivity index (χ3v) is 1.98. The molecule has 0 bridgehead atoms. The summed E-state index contributed by atoms with van der Waals surface area (Å²) in [4.78, 5) is 10.2. The summed E-state index contributed by atoms with van der Waals surface area (Å²) in [7, 11) is 0. The molecule has 0 saturated carbocycles. The van der Waals surface area contributed by atoms with E-state index in [2.05, 4.69) is 36.0 Å². The number of allylic oxidation sites excluding steroid dienone is 4. The zero-order chi connectivity index (χ0) is 12.2. The first kappa shape index (κ1) is 14.7. The summed E-state index contributed by atoms with van der Waals surface area (Å²) in [5.74, 6) is 0.552. The molecule has 0 saturated heterocycles. The molecule has 1 unspecified atom stereocenters. The summed E-state index contributed by atoms with van der Waals surface area (Å²) in [6.45, 7) is 6.77. The Morgan fingerprint density at radius 2 is 2.00 bits per heavy atom. The van der Waals surface area contributed by atoms with E-state index in [1.807, 2.05) is 19.9 Å². The first-order chi connectivity index (χ1) is 7.79. The highest BCUT2D eigenvalue weighted by atomic mass is 16.5. The fourth-order valence-corrected chi connectivity index (χ4v) is 1.16. The van der Waals surface area contributed by atoms with Crippen LogP contribution in [-0.2, 0) is 9.53 Å². The molecule has 0 radical (unpaired) electrons. The number of cyclic esters (lactones) is 1. The van der Waals surface area contributed by atoms with Crippen molar-refractivity contribution in [3.63, 3.8) is 0 Å². The van der Waals surface area contributed by atoms with Crippen LogP contribution in [0.5, 0.6) is 0 Å². The number of carbonyl (C=O) groups is 1. The standard InChI is InChI=1S/C7H10.C5H6O2.C2H6/c1-7-5-3-2-4-6-7;6-5-3-1-2-4-7-5;1-2/h2-5,7H,6H2,1H3;1,3H,2,4H2;1-2H3. The van der Waals surface area contributed by atoms with Crippen LogP contribution in [0.3, 0.4) is 0 Å². The van der Waals surface area contributed by atoms with Crippen molar-refractivity contribution in [2.24, 2.45) is 5.92 Å². The van der Waals surface area contributed by atoms with Crippen molar-refractivity contribution in [1.29, 1.82) is 0 Å². The predicted molar refractivity (Wildman–Crippen MR) is 68.1 cm³/mol. The Hall–Kier alpha value is -1.31. The Morgan fingerprint density at radius 1 is 1.25 bits per heavy atom. The fourth-order valence-electron chi connectivity index (χ4n) is 1.16. The van der Waals surface area contributed by atoms with Crippen molar-refractivity contribution in [3.05, 3.63) is 36.5 Å². The van der Waals surface area contributed by atoms with Gasteiger partial charge in [-0.25, -0.2) is 4.79 Å². The summed E-state index contributed by atoms with van der Waals surface area (Å²) < 4.78 is 4.55. The van der Waals surface area contributed by atoms with Gasteiger partial charge in [0, 0.05) is 12.5 Å². The third-order valence-electron chi connectivity index (χ3n) is 1.98. The molecule has 16 heavy (non-hydrogen) atoms. The van der Waals surface area contributed by atoms with E-state index in [0.717, 1.165) is 12.3 Å². The number of hydrogen-bond acceptors (Lipinski definition) is 2. The molecular formula is C14H22O2. The van der Waals surface area contributed by atoms with Gasteiger partial charge in [0.25, 0.3) is 0 Å². The van der Waals surface area contributed by atoms with Crippen LogP contribution in [0.25, 0.3) is 0 Å². The van der Waals surface area contributed by atoms with E-state index in [9.17, 15) is 4.79 Å². The fraction of sp³-hybridized carbons (Fsp3) is 0.500. The van der Waals surface area contributed by atoms with Crippen LogP contribution in [-0.4, -0.2) is 12.6 Å². The molecule has 2 heteroatoms. The lowest BCUT2D eigenvalue weighted by Crippen LogP contribution is -2.05. The van der Waals surface area contributed by atoms with Crippen LogP contribution < -0.4 is 0 Å². The molecule has 0 amide bonds. The highest BCUT2D eigenvalue weighted by Gasteiger charge is 1.98. The van der Waals surface area contributed by atoms with Crippen molar-refractivity contribution >= 4 is 5.97 Å². The van der Waals surface area contributed by atoms with E-state index in [1.165, 1.54) is 12.5 Å². The molecule has 2 rings (SSSR count). The highest BCUT2D eigenvalue weighted by molar-refractivity contribution is 5.82. The van der Waals surface area contributed by atoms with Crippen molar-refractivity contribution in [2.45, 2.75) is 33.6 Å². The van der Waals surface area contributed by atoms with Gasteiger partial charge in [-0.1, -0.05) is 51.2 Å². The van der Waals surface area contributed by atoms with Crippen molar-refractivity contribution in [1.82, 2.24) is 0 Å². The number of ether oxygens (including phenoxy) is 1. The number of esters is 1. The average molecular weight is 222 g/mol. The Labute approximate surface area is 98.7 Å². The van der Waals surface area contributed by atoms with Crippen LogP contribution in [0.15, 0.2) is 36.5 Å². The van der Waals surface area contributed by atoms with Gasteiger partial charge in [0.1, 0.15) is 0 Å². The molecule has 2 aliphatic rings. The van der Waals surface area contributed by atoms with Crippen molar-refractivity contribution in [2.75, 3.05) is 6.61 Å². The second-order valence-corrected chi connectivity index (χ2v) is 3.38. The van der Waals surface area contributed by atoms with Crippen molar-refractivity contribution < 1.29 is 9.53 Å². The number of rotatable bonds is 0. The van der Waals surface area contributed by atoms with E-state index >= 15 is 0 Å². The molecular weight excluding hydrogens is 200 g/mol. The van der Waals surface area contributed by atoms with E-state index in [0.29, 0.717) is 6.61 Å². The maximum Gasteiger partial charge on any atom is 0.330 e. The Kier molecular flexibility index (Phi) is 9.38. The molecule has 0 aromatic carbocycles. The summed E-state index contributed by atoms with van der Waals surface area (Å²) in [6, 6.07) is 0. The summed E-state index contributed by atoms with van der Waals surface area (Å²) in [5, 5.41) is 0. The lowest BCUT2D eigenvalue weighted by atomic mass is 10.0. The average Bonchev–Trinajstić information content (AvgIpc) is 2.34. The highest BCUT2D eigenvalue weighted by Crippen LogP contribution is 2.08. The topological polar surface area (TPSA) is 26.3 Å². The lowest BCUT2D eigenvalue weighted by Gasteiger charge is -2.02. The minimum Gasteiger partial charge on any atom is -0.462 e. The van der Waals surface area contributed by atoms with E-state index in [-0.39, 0.29) is 5.97 Å². The SMILES string of the molecule is CC.CC1C=CC=CC1.O=C1C=CCCO1. The first-order valence-corrected chi connectivity index (χ1v) is 5.95. The monoisotopic (exact) mass is 222 g/mol. The maximum atomic E-state index is 10.2. The van der Waals surface area contributed by atoms with Gasteiger partial charge in [-0.15, -0.1) is 0 Å². The zero-order valence-electron chi connectivity index (χ0n) is 10.5. The first-order valence-electron chi connectivity index (χ1n) is 5.95. The Morgan fingerprint density at radius 3 is 2.25 bits per heavy atom. The normalized spacial score (nSPS) is 21.2. The van der Waals surface area contributed by atoms with Gasteiger partial charge in [0.2, 0.25) is 0 Å². The molecule has 1 atom stereocenters. The van der Waals surface area contributed by atoms with Gasteiger partial charge in [-0.2, -0.15) is 0 Å². The lowest BCUT2D eigenvalue weighted by molar-refractivity contribution is -0.138. The molecule has 1 aliphatic heterocycles. The molecule has 1 aliphatic carbocycles. The molecule has 0 aromatic rings. The van der Waals surface area contributed by atoms with Gasteiger partial charge in [0.05, 0.1) is 6.61 Å². The van der Waals surface area contributed by atoms with Crippen molar-refractivity contribution in [3.8, 4) is 0 Å². The molecule has 2 nitrogen and oxygen atoms in total. The molecule has 1 heterocycles. The smallest absolute Gasteiger partial charge is 0.330 e. The van der Waals surface area contributed by atoms with Crippen LogP contribution in [0.4, 0.5) is 0 Å². The third kappa shape index (κ3) is 8.04. The number of hydrogen-bond donors (Lipinski definition) is 0. The summed E-state index contributed by atoms with van der Waals surface area (Å²) >= 11 is 0. The minimum absolute atomic E-state index is 0.216. The van der Waals surface area contributed by atoms with Crippen LogP contribution in [0, 0.1) is 5.92 Å². The maximum absolute atomic E-state index is 10.2. The minimum atomic E-state index is -0.216. The molecule has 0 fully saturated rings. The molecule has 0 N–H and O–H groups in total. The van der Waals surface area contributed by atoms with Crippen LogP contribution >= 0.6 is 0 Å². The van der Waals surface area contributed by atoms with E-state index in [4.69, 9.17) is 0 Å². The van der Waals surface area contributed by atoms with E-state index < -0.39 is 0 Å². The molecule has 0 aromatic heterocycles. The predicted octanol–water partition coefficient (Wildman–Crippen LogP) is 3.65. The Bertz CT molecular complexity index is 262. The second-order valence-electron chi connectivity index (χ2n) is 3.38. The quantitative estimate of drug-likeness (QED) is 0.585. The van der Waals surface area contributed by atoms with E-state index in [1.54, 1.807) is 0 Å². The number of carbonyl (C=O) groups excluding carboxylic acids is 1. The zero-order valence-corrected chi connectivity index (χ0v) is 10.5. The van der Waals surface area contributed by atoms with Gasteiger partial charge >= 0.3 is 5.97 Å². The Balaban J connectivity index is 0.000000244. The molecule has 90 valence electrons. The molecule has 0 spiro atoms. The summed E-state index contributed by atoms with van der Waals surface area (Å²) in [6.07, 6.45) is 14.0. The van der Waals surface area contributed by atoms with Gasteiger partial charge in [0.15, 0.2) is 0 Å².